The number of anilines is 2. The summed E-state index contributed by atoms with van der Waals surface area (Å²) in [6.45, 7) is 11.4. The van der Waals surface area contributed by atoms with Gasteiger partial charge in [0.2, 0.25) is 0 Å². The quantitative estimate of drug-likeness (QED) is 0.116. The molecule has 1 N–H and O–H groups in total. The van der Waals surface area contributed by atoms with Crippen LogP contribution < -0.4 is 15.1 Å². The van der Waals surface area contributed by atoms with Crippen LogP contribution in [0.15, 0.2) is 120 Å². The minimum atomic E-state index is -0.488. The van der Waals surface area contributed by atoms with Crippen molar-refractivity contribution in [3.8, 4) is 0 Å². The Morgan fingerprint density at radius 3 is 1.19 bits per heavy atom. The number of pyridine rings is 3. The second kappa shape index (κ2) is 33.6. The topological polar surface area (TPSA) is 207 Å². The van der Waals surface area contributed by atoms with Gasteiger partial charge >= 0.3 is 18.3 Å². The van der Waals surface area contributed by atoms with Crippen molar-refractivity contribution in [2.75, 3.05) is 112 Å². The summed E-state index contributed by atoms with van der Waals surface area (Å²) in [5.74, 6) is -0.301. The van der Waals surface area contributed by atoms with E-state index in [2.05, 4.69) is 46.0 Å². The SMILES string of the molecule is CN(C(=O)OCc1ccccc1)C1CCNCC1.CN(C)C(=O)c1cc(Br)ccn1.CN(C)C(=O)c1cc(N2CCC(N(C)C(=O)OC(C)(C)C)CC2)ccn1.CN(C)C(=O)c1cc(N2CCC(N(C)C(=O)OCc3ccccc3)CC2)ccn1. The Bertz CT molecular complexity index is 2910. The number of benzene rings is 2. The Balaban J connectivity index is 0.000000216. The fraction of sp³-hybridized carbons (Fsp3) is 0.476. The predicted octanol–water partition coefficient (Wildman–Crippen LogP) is 9.19. The van der Waals surface area contributed by atoms with E-state index in [-0.39, 0.29) is 54.7 Å². The highest BCUT2D eigenvalue weighted by molar-refractivity contribution is 9.10. The van der Waals surface area contributed by atoms with Crippen LogP contribution in [-0.2, 0) is 27.4 Å². The molecule has 0 saturated carbocycles. The fourth-order valence-electron chi connectivity index (χ4n) is 9.32. The second-order valence-corrected chi connectivity index (χ2v) is 23.5. The number of carbonyl (C=O) groups is 6. The second-order valence-electron chi connectivity index (χ2n) is 22.6. The van der Waals surface area contributed by atoms with Crippen molar-refractivity contribution in [2.45, 2.75) is 96.2 Å². The highest BCUT2D eigenvalue weighted by Gasteiger charge is 2.30. The molecule has 2 aromatic carbocycles. The van der Waals surface area contributed by atoms with Crippen molar-refractivity contribution < 1.29 is 43.0 Å². The number of halogens is 1. The summed E-state index contributed by atoms with van der Waals surface area (Å²) in [6, 6.07) is 31.0. The van der Waals surface area contributed by atoms with Gasteiger partial charge in [-0.1, -0.05) is 76.6 Å². The third-order valence-electron chi connectivity index (χ3n) is 14.4. The Morgan fingerprint density at radius 2 is 0.835 bits per heavy atom. The molecule has 6 heterocycles. The summed E-state index contributed by atoms with van der Waals surface area (Å²) in [4.78, 5) is 98.5. The van der Waals surface area contributed by atoms with Gasteiger partial charge in [0.1, 0.15) is 35.9 Å². The number of hydrogen-bond acceptors (Lipinski definition) is 15. The summed E-state index contributed by atoms with van der Waals surface area (Å²) in [7, 11) is 15.7. The van der Waals surface area contributed by atoms with Gasteiger partial charge in [0.25, 0.3) is 17.7 Å². The zero-order valence-electron chi connectivity index (χ0n) is 51.6. The number of piperidine rings is 3. The summed E-state index contributed by atoms with van der Waals surface area (Å²) in [5.41, 5.74) is 4.82. The van der Waals surface area contributed by atoms with E-state index in [9.17, 15) is 28.8 Å². The Hall–Kier alpha value is -7.85. The minimum Gasteiger partial charge on any atom is -0.445 e. The largest absolute Gasteiger partial charge is 0.445 e. The van der Waals surface area contributed by atoms with Crippen LogP contribution in [-0.4, -0.2) is 207 Å². The highest BCUT2D eigenvalue weighted by Crippen LogP contribution is 2.26. The predicted molar refractivity (Wildman–Crippen MR) is 334 cm³/mol. The van der Waals surface area contributed by atoms with Gasteiger partial charge in [-0.3, -0.25) is 29.3 Å². The molecular formula is C63H87BrN12O9. The molecule has 21 nitrogen and oxygen atoms in total. The Morgan fingerprint density at radius 1 is 0.494 bits per heavy atom. The Labute approximate surface area is 510 Å². The molecule has 22 heteroatoms. The normalized spacial score (nSPS) is 14.5. The van der Waals surface area contributed by atoms with Gasteiger partial charge in [-0.05, 0) is 120 Å². The average molecular weight is 1240 g/mol. The smallest absolute Gasteiger partial charge is 0.410 e. The molecule has 3 aliphatic rings. The number of ether oxygens (including phenoxy) is 3. The first-order valence-electron chi connectivity index (χ1n) is 28.6. The molecule has 5 aromatic rings. The van der Waals surface area contributed by atoms with E-state index in [4.69, 9.17) is 14.2 Å². The molecule has 0 bridgehead atoms. The molecule has 3 aliphatic heterocycles. The number of nitrogens with one attached hydrogen (secondary N) is 1. The molecule has 8 rings (SSSR count). The summed E-state index contributed by atoms with van der Waals surface area (Å²) in [6.07, 6.45) is 9.53. The van der Waals surface area contributed by atoms with Crippen LogP contribution in [0, 0.1) is 0 Å². The van der Waals surface area contributed by atoms with Crippen LogP contribution in [0.4, 0.5) is 25.8 Å². The molecule has 3 saturated heterocycles. The lowest BCUT2D eigenvalue weighted by Crippen LogP contribution is -2.47. The maximum absolute atomic E-state index is 12.4. The van der Waals surface area contributed by atoms with Crippen molar-refractivity contribution >= 4 is 63.3 Å². The fourth-order valence-corrected chi connectivity index (χ4v) is 9.65. The molecule has 0 spiro atoms. The number of aromatic nitrogens is 3. The zero-order chi connectivity index (χ0) is 62.2. The lowest BCUT2D eigenvalue weighted by atomic mass is 10.0. The van der Waals surface area contributed by atoms with Crippen molar-refractivity contribution in [1.29, 1.82) is 0 Å². The van der Waals surface area contributed by atoms with E-state index in [1.165, 1.54) is 14.7 Å². The average Bonchev–Trinajstić information content (AvgIpc) is 3.65. The maximum Gasteiger partial charge on any atom is 0.410 e. The van der Waals surface area contributed by atoms with E-state index in [1.54, 1.807) is 102 Å². The third kappa shape index (κ3) is 22.3. The molecule has 0 aliphatic carbocycles. The number of hydrogen-bond donors (Lipinski definition) is 1. The Kier molecular flexibility index (Phi) is 26.8. The van der Waals surface area contributed by atoms with Gasteiger partial charge in [0, 0.05) is 142 Å². The van der Waals surface area contributed by atoms with E-state index < -0.39 is 5.60 Å². The lowest BCUT2D eigenvalue weighted by molar-refractivity contribution is 0.0200. The van der Waals surface area contributed by atoms with E-state index >= 15 is 0 Å². The van der Waals surface area contributed by atoms with Gasteiger partial charge in [0.15, 0.2) is 0 Å². The van der Waals surface area contributed by atoms with Crippen LogP contribution in [0.1, 0.15) is 102 Å². The van der Waals surface area contributed by atoms with Gasteiger partial charge < -0.3 is 58.7 Å². The van der Waals surface area contributed by atoms with Crippen molar-refractivity contribution in [2.24, 2.45) is 0 Å². The van der Waals surface area contributed by atoms with Gasteiger partial charge in [-0.15, -0.1) is 0 Å². The standard InChI is InChI=1S/C22H28N4O3.C19H30N4O3.C14H20N2O2.C8H9BrN2O/c1-24(2)21(27)20-15-19(9-12-23-20)26-13-10-18(11-14-26)25(3)22(28)29-16-17-7-5-4-6-8-17;1-19(2,3)26-18(25)22(6)14-8-11-23(12-9-14)15-7-10-20-16(13-15)17(24)21(4)5;1-16(13-7-9-15-10-8-13)14(17)18-11-12-5-3-2-4-6-12;1-11(2)8(12)7-5-6(9)3-4-10-7/h4-9,12,15,18H,10-11,13-14,16H2,1-3H3;7,10,13-14H,8-9,11-12H2,1-6H3;2-6,13,15H,7-11H2,1H3;3-5H,1-2H3. The third-order valence-corrected chi connectivity index (χ3v) is 14.9. The molecule has 3 fully saturated rings. The lowest BCUT2D eigenvalue weighted by Gasteiger charge is -2.38. The number of carbonyl (C=O) groups excluding carboxylic acids is 6. The van der Waals surface area contributed by atoms with Crippen LogP contribution in [0.3, 0.4) is 0 Å². The molecule has 6 amide bonds. The molecule has 460 valence electrons. The van der Waals surface area contributed by atoms with Crippen LogP contribution in [0.2, 0.25) is 0 Å². The molecule has 0 atom stereocenters. The van der Waals surface area contributed by atoms with Crippen molar-refractivity contribution in [1.82, 2.24) is 49.7 Å². The minimum absolute atomic E-state index is 0.0868. The first kappa shape index (κ1) is 67.9. The summed E-state index contributed by atoms with van der Waals surface area (Å²) in [5, 5.41) is 3.29. The number of nitrogens with zero attached hydrogens (tertiary/aromatic N) is 11. The van der Waals surface area contributed by atoms with E-state index in [1.807, 2.05) is 113 Å². The van der Waals surface area contributed by atoms with Crippen LogP contribution in [0.25, 0.3) is 0 Å². The van der Waals surface area contributed by atoms with E-state index in [0.717, 1.165) is 105 Å². The molecule has 3 aromatic heterocycles. The van der Waals surface area contributed by atoms with Crippen LogP contribution in [0.5, 0.6) is 0 Å². The maximum atomic E-state index is 12.4. The first-order valence-corrected chi connectivity index (χ1v) is 29.4. The van der Waals surface area contributed by atoms with Crippen LogP contribution >= 0.6 is 15.9 Å². The monoisotopic (exact) mass is 1230 g/mol. The zero-order valence-corrected chi connectivity index (χ0v) is 53.2. The first-order chi connectivity index (χ1) is 40.4. The summed E-state index contributed by atoms with van der Waals surface area (Å²) >= 11 is 3.27. The van der Waals surface area contributed by atoms with Crippen molar-refractivity contribution in [3.63, 3.8) is 0 Å². The van der Waals surface area contributed by atoms with Gasteiger partial charge in [-0.25, -0.2) is 14.4 Å². The molecule has 85 heavy (non-hydrogen) atoms. The van der Waals surface area contributed by atoms with Crippen molar-refractivity contribution in [3.05, 3.63) is 148 Å². The molecular weight excluding hydrogens is 1150 g/mol. The van der Waals surface area contributed by atoms with Gasteiger partial charge in [0.05, 0.1) is 0 Å². The number of rotatable bonds is 12. The highest BCUT2D eigenvalue weighted by atomic mass is 79.9. The van der Waals surface area contributed by atoms with E-state index in [0.29, 0.717) is 29.7 Å². The number of amides is 6. The summed E-state index contributed by atoms with van der Waals surface area (Å²) < 4.78 is 17.1. The van der Waals surface area contributed by atoms with Gasteiger partial charge in [-0.2, -0.15) is 0 Å². The molecule has 0 radical (unpaired) electrons. The molecule has 0 unspecified atom stereocenters.